The van der Waals surface area contributed by atoms with Gasteiger partial charge in [0.2, 0.25) is 6.10 Å². The molecule has 28 heavy (non-hydrogen) atoms. The van der Waals surface area contributed by atoms with E-state index in [-0.39, 0.29) is 16.7 Å². The van der Waals surface area contributed by atoms with Gasteiger partial charge in [0.05, 0.1) is 5.57 Å². The second-order valence-corrected chi connectivity index (χ2v) is 5.75. The number of carboxylic acid groups (broad SMARTS) is 1. The fourth-order valence-corrected chi connectivity index (χ4v) is 2.73. The van der Waals surface area contributed by atoms with Gasteiger partial charge in [-0.2, -0.15) is 13.2 Å². The molecule has 0 saturated heterocycles. The van der Waals surface area contributed by atoms with Gasteiger partial charge in [-0.3, -0.25) is 0 Å². The van der Waals surface area contributed by atoms with Gasteiger partial charge in [-0.05, 0) is 23.8 Å². The van der Waals surface area contributed by atoms with Gasteiger partial charge in [0, 0.05) is 11.1 Å². The van der Waals surface area contributed by atoms with Crippen LogP contribution in [0.5, 0.6) is 11.5 Å². The lowest BCUT2D eigenvalue weighted by Gasteiger charge is -2.29. The van der Waals surface area contributed by atoms with E-state index in [1.54, 1.807) is 6.07 Å². The highest BCUT2D eigenvalue weighted by Crippen LogP contribution is 2.45. The third kappa shape index (κ3) is 4.05. The van der Waals surface area contributed by atoms with Crippen molar-refractivity contribution in [3.8, 4) is 22.6 Å². The first-order valence-electron chi connectivity index (χ1n) is 7.63. The molecule has 1 N–H and O–H groups in total. The SMILES string of the molecule is O=C(O)C1=Cc2cc(OC(F)(F)F)cc(-c3ccccc3)c2OC1C(F)(F)F. The van der Waals surface area contributed by atoms with Crippen LogP contribution in [0, 0.1) is 0 Å². The number of hydrogen-bond acceptors (Lipinski definition) is 3. The summed E-state index contributed by atoms with van der Waals surface area (Å²) >= 11 is 0. The lowest BCUT2D eigenvalue weighted by atomic mass is 9.95. The normalized spacial score (nSPS) is 16.6. The van der Waals surface area contributed by atoms with Crippen LogP contribution in [-0.2, 0) is 4.79 Å². The number of carboxylic acids is 1. The molecule has 0 spiro atoms. The minimum Gasteiger partial charge on any atom is -0.478 e. The fraction of sp³-hybridized carbons (Fsp3) is 0.167. The van der Waals surface area contributed by atoms with Crippen LogP contribution in [-0.4, -0.2) is 29.7 Å². The van der Waals surface area contributed by atoms with Crippen LogP contribution < -0.4 is 9.47 Å². The second kappa shape index (κ2) is 6.77. The fourth-order valence-electron chi connectivity index (χ4n) is 2.73. The molecule has 3 rings (SSSR count). The zero-order valence-electron chi connectivity index (χ0n) is 13.6. The third-order valence-corrected chi connectivity index (χ3v) is 3.78. The summed E-state index contributed by atoms with van der Waals surface area (Å²) in [5.74, 6) is -3.02. The largest absolute Gasteiger partial charge is 0.573 e. The predicted octanol–water partition coefficient (Wildman–Crippen LogP) is 5.04. The Kier molecular flexibility index (Phi) is 4.74. The van der Waals surface area contributed by atoms with Gasteiger partial charge < -0.3 is 14.6 Å². The molecule has 2 aromatic rings. The van der Waals surface area contributed by atoms with Crippen molar-refractivity contribution in [3.63, 3.8) is 0 Å². The lowest BCUT2D eigenvalue weighted by Crippen LogP contribution is -2.40. The number of aliphatic carboxylic acids is 1. The highest BCUT2D eigenvalue weighted by atomic mass is 19.4. The van der Waals surface area contributed by atoms with Crippen molar-refractivity contribution in [2.24, 2.45) is 0 Å². The molecule has 1 aliphatic rings. The Hall–Kier alpha value is -3.17. The molecule has 1 atom stereocenters. The first kappa shape index (κ1) is 19.6. The Morgan fingerprint density at radius 3 is 2.21 bits per heavy atom. The van der Waals surface area contributed by atoms with E-state index < -0.39 is 41.7 Å². The zero-order valence-corrected chi connectivity index (χ0v) is 13.6. The van der Waals surface area contributed by atoms with Crippen LogP contribution in [0.1, 0.15) is 5.56 Å². The molecule has 148 valence electrons. The number of hydrogen-bond donors (Lipinski definition) is 1. The summed E-state index contributed by atoms with van der Waals surface area (Å²) in [7, 11) is 0. The van der Waals surface area contributed by atoms with E-state index in [4.69, 9.17) is 9.84 Å². The van der Waals surface area contributed by atoms with E-state index in [9.17, 15) is 31.1 Å². The number of benzene rings is 2. The predicted molar refractivity (Wildman–Crippen MR) is 84.6 cm³/mol. The molecule has 4 nitrogen and oxygen atoms in total. The van der Waals surface area contributed by atoms with E-state index in [0.29, 0.717) is 6.08 Å². The Bertz CT molecular complexity index is 932. The maximum atomic E-state index is 13.3. The number of carbonyl (C=O) groups is 1. The highest BCUT2D eigenvalue weighted by molar-refractivity contribution is 5.96. The molecule has 0 radical (unpaired) electrons. The number of halogens is 6. The van der Waals surface area contributed by atoms with Gasteiger partial charge in [-0.25, -0.2) is 4.79 Å². The van der Waals surface area contributed by atoms with Crippen molar-refractivity contribution in [3.05, 3.63) is 53.6 Å². The molecule has 0 fully saturated rings. The van der Waals surface area contributed by atoms with Crippen molar-refractivity contribution in [1.29, 1.82) is 0 Å². The monoisotopic (exact) mass is 404 g/mol. The van der Waals surface area contributed by atoms with E-state index in [1.807, 2.05) is 0 Å². The third-order valence-electron chi connectivity index (χ3n) is 3.78. The Morgan fingerprint density at radius 2 is 1.68 bits per heavy atom. The van der Waals surface area contributed by atoms with Crippen LogP contribution >= 0.6 is 0 Å². The molecular weight excluding hydrogens is 394 g/mol. The van der Waals surface area contributed by atoms with E-state index in [0.717, 1.165) is 12.1 Å². The average molecular weight is 404 g/mol. The van der Waals surface area contributed by atoms with Gasteiger partial charge in [-0.15, -0.1) is 13.2 Å². The zero-order chi connectivity index (χ0) is 20.7. The van der Waals surface area contributed by atoms with E-state index >= 15 is 0 Å². The van der Waals surface area contributed by atoms with Crippen molar-refractivity contribution < 1.29 is 45.7 Å². The van der Waals surface area contributed by atoms with Gasteiger partial charge in [-0.1, -0.05) is 30.3 Å². The summed E-state index contributed by atoms with van der Waals surface area (Å²) in [6.07, 6.45) is -12.2. The molecule has 10 heteroatoms. The molecular formula is C18H10F6O4. The molecule has 1 aliphatic heterocycles. The molecule has 0 amide bonds. The summed E-state index contributed by atoms with van der Waals surface area (Å²) in [4.78, 5) is 11.2. The number of alkyl halides is 6. The quantitative estimate of drug-likeness (QED) is 0.728. The van der Waals surface area contributed by atoms with Gasteiger partial charge in [0.15, 0.2) is 0 Å². The maximum absolute atomic E-state index is 13.3. The number of rotatable bonds is 3. The minimum absolute atomic E-state index is 0.104. The second-order valence-electron chi connectivity index (χ2n) is 5.75. The molecule has 0 aromatic heterocycles. The van der Waals surface area contributed by atoms with Gasteiger partial charge >= 0.3 is 18.5 Å². The molecule has 1 unspecified atom stereocenters. The Balaban J connectivity index is 2.24. The number of fused-ring (bicyclic) bond motifs is 1. The summed E-state index contributed by atoms with van der Waals surface area (Å²) in [6.45, 7) is 0. The Labute approximate surface area is 153 Å². The summed E-state index contributed by atoms with van der Waals surface area (Å²) < 4.78 is 86.5. The molecule has 1 heterocycles. The first-order valence-corrected chi connectivity index (χ1v) is 7.63. The van der Waals surface area contributed by atoms with Crippen LogP contribution in [0.25, 0.3) is 17.2 Å². The molecule has 0 bridgehead atoms. The van der Waals surface area contributed by atoms with Crippen LogP contribution in [0.3, 0.4) is 0 Å². The van der Waals surface area contributed by atoms with Crippen LogP contribution in [0.2, 0.25) is 0 Å². The smallest absolute Gasteiger partial charge is 0.478 e. The van der Waals surface area contributed by atoms with Crippen molar-refractivity contribution in [2.45, 2.75) is 18.6 Å². The van der Waals surface area contributed by atoms with Gasteiger partial charge in [0.1, 0.15) is 11.5 Å². The standard InChI is InChI=1S/C18H10F6O4/c19-17(20,21)15-13(16(25)26)7-10-6-11(28-18(22,23)24)8-12(14(10)27-15)9-4-2-1-3-5-9/h1-8,15H,(H,25,26). The van der Waals surface area contributed by atoms with E-state index in [2.05, 4.69) is 4.74 Å². The van der Waals surface area contributed by atoms with Gasteiger partial charge in [0.25, 0.3) is 0 Å². The summed E-state index contributed by atoms with van der Waals surface area (Å²) in [5, 5.41) is 9.08. The summed E-state index contributed by atoms with van der Waals surface area (Å²) in [6, 6.07) is 9.22. The van der Waals surface area contributed by atoms with Crippen LogP contribution in [0.4, 0.5) is 26.3 Å². The number of ether oxygens (including phenoxy) is 2. The summed E-state index contributed by atoms with van der Waals surface area (Å²) in [5.41, 5.74) is -1.27. The first-order chi connectivity index (χ1) is 13.0. The highest BCUT2D eigenvalue weighted by Gasteiger charge is 2.49. The molecule has 0 saturated carbocycles. The average Bonchev–Trinajstić information content (AvgIpc) is 2.58. The van der Waals surface area contributed by atoms with Crippen LogP contribution in [0.15, 0.2) is 48.0 Å². The van der Waals surface area contributed by atoms with Crippen molar-refractivity contribution >= 4 is 12.0 Å². The minimum atomic E-state index is -5.05. The Morgan fingerprint density at radius 1 is 1.04 bits per heavy atom. The molecule has 2 aromatic carbocycles. The van der Waals surface area contributed by atoms with Crippen molar-refractivity contribution in [2.75, 3.05) is 0 Å². The van der Waals surface area contributed by atoms with Crippen molar-refractivity contribution in [1.82, 2.24) is 0 Å². The van der Waals surface area contributed by atoms with E-state index in [1.165, 1.54) is 24.3 Å². The molecule has 0 aliphatic carbocycles. The lowest BCUT2D eigenvalue weighted by molar-refractivity contribution is -0.274. The topological polar surface area (TPSA) is 55.8 Å². The maximum Gasteiger partial charge on any atom is 0.573 e.